The van der Waals surface area contributed by atoms with Crippen LogP contribution in [0.2, 0.25) is 5.02 Å². The molecule has 2 aromatic rings. The number of halogens is 4. The number of rotatable bonds is 2. The van der Waals surface area contributed by atoms with Gasteiger partial charge in [0.25, 0.3) is 5.91 Å². The van der Waals surface area contributed by atoms with Crippen molar-refractivity contribution in [1.82, 2.24) is 0 Å². The van der Waals surface area contributed by atoms with Gasteiger partial charge in [0.15, 0.2) is 5.82 Å². The Morgan fingerprint density at radius 1 is 1.25 bits per heavy atom. The van der Waals surface area contributed by atoms with Gasteiger partial charge in [0, 0.05) is 10.5 Å². The van der Waals surface area contributed by atoms with E-state index >= 15 is 0 Å². The zero-order valence-corrected chi connectivity index (χ0v) is 12.2. The lowest BCUT2D eigenvalue weighted by atomic mass is 10.2. The summed E-state index contributed by atoms with van der Waals surface area (Å²) >= 11 is 9.13. The summed E-state index contributed by atoms with van der Waals surface area (Å²) in [5.41, 5.74) is 5.14. The van der Waals surface area contributed by atoms with Crippen LogP contribution in [0.25, 0.3) is 0 Å². The van der Waals surface area contributed by atoms with Gasteiger partial charge in [0.1, 0.15) is 11.5 Å². The minimum Gasteiger partial charge on any atom is -0.397 e. The molecule has 0 aliphatic heterocycles. The smallest absolute Gasteiger partial charge is 0.257 e. The van der Waals surface area contributed by atoms with E-state index in [1.54, 1.807) is 6.07 Å². The Bertz CT molecular complexity index is 671. The van der Waals surface area contributed by atoms with Gasteiger partial charge in [0.2, 0.25) is 0 Å². The van der Waals surface area contributed by atoms with E-state index in [2.05, 4.69) is 21.2 Å². The molecule has 2 rings (SSSR count). The van der Waals surface area contributed by atoms with E-state index in [1.165, 1.54) is 12.1 Å². The van der Waals surface area contributed by atoms with Crippen molar-refractivity contribution in [3.63, 3.8) is 0 Å². The Morgan fingerprint density at radius 3 is 2.55 bits per heavy atom. The summed E-state index contributed by atoms with van der Waals surface area (Å²) in [6.45, 7) is 0. The molecule has 0 bridgehead atoms. The number of anilines is 2. The molecule has 0 unspecified atom stereocenters. The normalized spacial score (nSPS) is 10.4. The molecular formula is C13H8BrClF2N2O. The third-order valence-corrected chi connectivity index (χ3v) is 3.31. The highest BCUT2D eigenvalue weighted by Gasteiger charge is 2.16. The number of nitrogen functional groups attached to an aromatic ring is 1. The molecule has 104 valence electrons. The first-order valence-corrected chi connectivity index (χ1v) is 6.56. The van der Waals surface area contributed by atoms with Crippen LogP contribution >= 0.6 is 27.5 Å². The summed E-state index contributed by atoms with van der Waals surface area (Å²) in [7, 11) is 0. The predicted molar refractivity (Wildman–Crippen MR) is 77.9 cm³/mol. The largest absolute Gasteiger partial charge is 0.397 e. The van der Waals surface area contributed by atoms with Gasteiger partial charge in [-0.2, -0.15) is 0 Å². The second kappa shape index (κ2) is 5.76. The fraction of sp³-hybridized carbons (Fsp3) is 0. The number of amides is 1. The van der Waals surface area contributed by atoms with E-state index in [0.29, 0.717) is 10.5 Å². The van der Waals surface area contributed by atoms with Gasteiger partial charge >= 0.3 is 0 Å². The van der Waals surface area contributed by atoms with Crippen molar-refractivity contribution < 1.29 is 13.6 Å². The average Bonchev–Trinajstić information content (AvgIpc) is 2.33. The molecule has 2 aromatic carbocycles. The van der Waals surface area contributed by atoms with E-state index in [0.717, 1.165) is 6.07 Å². The number of nitrogens with one attached hydrogen (secondary N) is 1. The van der Waals surface area contributed by atoms with Crippen molar-refractivity contribution in [3.8, 4) is 0 Å². The summed E-state index contributed by atoms with van der Waals surface area (Å²) in [6.07, 6.45) is 0. The van der Waals surface area contributed by atoms with Crippen molar-refractivity contribution in [2.75, 3.05) is 11.1 Å². The van der Waals surface area contributed by atoms with Gasteiger partial charge in [-0.1, -0.05) is 27.5 Å². The zero-order chi connectivity index (χ0) is 14.9. The molecule has 0 aliphatic rings. The molecule has 0 aromatic heterocycles. The average molecular weight is 362 g/mol. The van der Waals surface area contributed by atoms with Crippen LogP contribution < -0.4 is 11.1 Å². The molecule has 0 radical (unpaired) electrons. The summed E-state index contributed by atoms with van der Waals surface area (Å²) in [5, 5.41) is 2.47. The zero-order valence-electron chi connectivity index (χ0n) is 9.88. The molecule has 7 heteroatoms. The van der Waals surface area contributed by atoms with Crippen molar-refractivity contribution in [2.24, 2.45) is 0 Å². The Hall–Kier alpha value is -1.66. The maximum atomic E-state index is 13.6. The van der Waals surface area contributed by atoms with Gasteiger partial charge in [0.05, 0.1) is 16.3 Å². The van der Waals surface area contributed by atoms with Crippen LogP contribution in [0.3, 0.4) is 0 Å². The van der Waals surface area contributed by atoms with Crippen LogP contribution in [0, 0.1) is 11.6 Å². The van der Waals surface area contributed by atoms with Crippen molar-refractivity contribution in [3.05, 3.63) is 57.0 Å². The Morgan fingerprint density at radius 2 is 1.95 bits per heavy atom. The minimum absolute atomic E-state index is 0.151. The van der Waals surface area contributed by atoms with E-state index in [-0.39, 0.29) is 22.0 Å². The van der Waals surface area contributed by atoms with Crippen LogP contribution in [-0.2, 0) is 0 Å². The van der Waals surface area contributed by atoms with E-state index in [9.17, 15) is 13.6 Å². The maximum absolute atomic E-state index is 13.6. The lowest BCUT2D eigenvalue weighted by Crippen LogP contribution is -2.15. The van der Waals surface area contributed by atoms with Crippen LogP contribution in [-0.4, -0.2) is 5.91 Å². The third-order valence-electron chi connectivity index (χ3n) is 2.50. The summed E-state index contributed by atoms with van der Waals surface area (Å²) in [4.78, 5) is 12.0. The molecule has 0 heterocycles. The molecule has 0 fully saturated rings. The summed E-state index contributed by atoms with van der Waals surface area (Å²) < 4.78 is 27.2. The van der Waals surface area contributed by atoms with Gasteiger partial charge < -0.3 is 11.1 Å². The quantitative estimate of drug-likeness (QED) is 0.787. The first-order valence-electron chi connectivity index (χ1n) is 5.39. The Kier molecular flexibility index (Phi) is 4.25. The van der Waals surface area contributed by atoms with E-state index in [4.69, 9.17) is 17.3 Å². The molecule has 0 atom stereocenters. The van der Waals surface area contributed by atoms with Crippen LogP contribution in [0.4, 0.5) is 20.2 Å². The van der Waals surface area contributed by atoms with Gasteiger partial charge in [-0.25, -0.2) is 8.78 Å². The van der Waals surface area contributed by atoms with Gasteiger partial charge in [-0.05, 0) is 24.3 Å². The second-order valence-electron chi connectivity index (χ2n) is 3.93. The molecule has 0 spiro atoms. The van der Waals surface area contributed by atoms with E-state index in [1.807, 2.05) is 0 Å². The first kappa shape index (κ1) is 14.7. The number of carbonyl (C=O) groups is 1. The lowest BCUT2D eigenvalue weighted by molar-refractivity contribution is 0.102. The number of hydrogen-bond acceptors (Lipinski definition) is 2. The predicted octanol–water partition coefficient (Wildman–Crippen LogP) is 4.22. The third kappa shape index (κ3) is 3.08. The minimum atomic E-state index is -0.955. The van der Waals surface area contributed by atoms with Crippen molar-refractivity contribution in [1.29, 1.82) is 0 Å². The van der Waals surface area contributed by atoms with Crippen molar-refractivity contribution in [2.45, 2.75) is 0 Å². The first-order chi connectivity index (χ1) is 9.38. The van der Waals surface area contributed by atoms with E-state index < -0.39 is 17.5 Å². The van der Waals surface area contributed by atoms with Crippen LogP contribution in [0.5, 0.6) is 0 Å². The second-order valence-corrected chi connectivity index (χ2v) is 5.25. The Labute approximate surface area is 126 Å². The topological polar surface area (TPSA) is 55.1 Å². The lowest BCUT2D eigenvalue weighted by Gasteiger charge is -2.10. The molecular weight excluding hydrogens is 354 g/mol. The standard InChI is InChI=1S/C13H8BrClF2N2O/c14-6-1-2-8(9(15)3-6)13(20)19-12-10(17)4-7(16)5-11(12)18/h1-5H,18H2,(H,19,20). The maximum Gasteiger partial charge on any atom is 0.257 e. The molecule has 20 heavy (non-hydrogen) atoms. The number of carbonyl (C=O) groups excluding carboxylic acids is 1. The summed E-state index contributed by atoms with van der Waals surface area (Å²) in [5.74, 6) is -2.41. The molecule has 1 amide bonds. The molecule has 0 saturated heterocycles. The fourth-order valence-electron chi connectivity index (χ4n) is 1.58. The Balaban J connectivity index is 2.33. The molecule has 0 aliphatic carbocycles. The highest BCUT2D eigenvalue weighted by molar-refractivity contribution is 9.10. The monoisotopic (exact) mass is 360 g/mol. The van der Waals surface area contributed by atoms with Crippen molar-refractivity contribution >= 4 is 44.8 Å². The van der Waals surface area contributed by atoms with Gasteiger partial charge in [-0.3, -0.25) is 4.79 Å². The SMILES string of the molecule is Nc1cc(F)cc(F)c1NC(=O)c1ccc(Br)cc1Cl. The highest BCUT2D eigenvalue weighted by Crippen LogP contribution is 2.26. The molecule has 3 nitrogen and oxygen atoms in total. The summed E-state index contributed by atoms with van der Waals surface area (Å²) in [6, 6.07) is 6.17. The molecule has 3 N–H and O–H groups in total. The van der Waals surface area contributed by atoms with Crippen LogP contribution in [0.1, 0.15) is 10.4 Å². The molecule has 0 saturated carbocycles. The fourth-order valence-corrected chi connectivity index (χ4v) is 2.34. The van der Waals surface area contributed by atoms with Gasteiger partial charge in [-0.15, -0.1) is 0 Å². The highest BCUT2D eigenvalue weighted by atomic mass is 79.9. The number of benzene rings is 2. The number of hydrogen-bond donors (Lipinski definition) is 2. The number of nitrogens with two attached hydrogens (primary N) is 1. The van der Waals surface area contributed by atoms with Crippen LogP contribution in [0.15, 0.2) is 34.8 Å².